The highest BCUT2D eigenvalue weighted by Crippen LogP contribution is 1.88. The largest absolute Gasteiger partial charge is 0.394 e. The summed E-state index contributed by atoms with van der Waals surface area (Å²) in [6.45, 7) is 1.56. The van der Waals surface area contributed by atoms with Gasteiger partial charge in [0.05, 0.1) is 32.1 Å². The first-order chi connectivity index (χ1) is 6.93. The van der Waals surface area contributed by atoms with Gasteiger partial charge in [-0.25, -0.2) is 0 Å². The fourth-order valence-corrected chi connectivity index (χ4v) is 0.894. The van der Waals surface area contributed by atoms with Crippen molar-refractivity contribution in [3.63, 3.8) is 0 Å². The van der Waals surface area contributed by atoms with E-state index in [1.807, 2.05) is 18.2 Å². The number of hydrogen-bond acceptors (Lipinski definition) is 4. The topological polar surface area (TPSA) is 54.7 Å². The van der Waals surface area contributed by atoms with Gasteiger partial charge in [-0.3, -0.25) is 9.98 Å². The smallest absolute Gasteiger partial charge is 0.0807 e. The molecule has 0 fully saturated rings. The van der Waals surface area contributed by atoms with Gasteiger partial charge >= 0.3 is 0 Å². The van der Waals surface area contributed by atoms with Gasteiger partial charge in [0.15, 0.2) is 0 Å². The van der Waals surface area contributed by atoms with E-state index in [2.05, 4.69) is 9.98 Å². The average molecular weight is 194 g/mol. The third-order valence-corrected chi connectivity index (χ3v) is 1.51. The first kappa shape index (κ1) is 10.8. The number of aromatic nitrogens is 1. The second-order valence-corrected chi connectivity index (χ2v) is 2.63. The predicted octanol–water partition coefficient (Wildman–Crippen LogP) is 0.509. The molecule has 0 amide bonds. The van der Waals surface area contributed by atoms with Crippen LogP contribution in [0.15, 0.2) is 29.4 Å². The Hall–Kier alpha value is -1.26. The molecule has 1 rings (SSSR count). The Kier molecular flexibility index (Phi) is 5.54. The molecule has 1 aromatic rings. The maximum atomic E-state index is 8.43. The van der Waals surface area contributed by atoms with Crippen molar-refractivity contribution < 1.29 is 9.84 Å². The number of aliphatic imine (C=N–C) groups is 1. The van der Waals surface area contributed by atoms with Crippen molar-refractivity contribution in [2.45, 2.75) is 0 Å². The van der Waals surface area contributed by atoms with Crippen LogP contribution in [0.3, 0.4) is 0 Å². The van der Waals surface area contributed by atoms with E-state index >= 15 is 0 Å². The van der Waals surface area contributed by atoms with Crippen LogP contribution in [-0.4, -0.2) is 42.7 Å². The van der Waals surface area contributed by atoms with Gasteiger partial charge in [-0.1, -0.05) is 6.07 Å². The Morgan fingerprint density at radius 2 is 2.36 bits per heavy atom. The molecule has 0 atom stereocenters. The molecule has 1 aromatic heterocycles. The molecule has 0 bridgehead atoms. The molecular weight excluding hydrogens is 180 g/mol. The molecule has 14 heavy (non-hydrogen) atoms. The summed E-state index contributed by atoms with van der Waals surface area (Å²) >= 11 is 0. The van der Waals surface area contributed by atoms with E-state index in [0.717, 1.165) is 5.69 Å². The number of rotatable bonds is 6. The Bertz CT molecular complexity index is 262. The van der Waals surface area contributed by atoms with Crippen molar-refractivity contribution in [2.24, 2.45) is 4.99 Å². The van der Waals surface area contributed by atoms with Crippen molar-refractivity contribution in [3.05, 3.63) is 30.1 Å². The summed E-state index contributed by atoms with van der Waals surface area (Å²) in [5.74, 6) is 0. The maximum Gasteiger partial charge on any atom is 0.0807 e. The lowest BCUT2D eigenvalue weighted by Gasteiger charge is -1.97. The van der Waals surface area contributed by atoms with Gasteiger partial charge in [0.2, 0.25) is 0 Å². The van der Waals surface area contributed by atoms with E-state index in [4.69, 9.17) is 9.84 Å². The molecule has 0 aliphatic carbocycles. The lowest BCUT2D eigenvalue weighted by atomic mass is 10.4. The van der Waals surface area contributed by atoms with Crippen molar-refractivity contribution in [1.29, 1.82) is 0 Å². The molecule has 0 aromatic carbocycles. The van der Waals surface area contributed by atoms with Crippen LogP contribution in [0.5, 0.6) is 0 Å². The van der Waals surface area contributed by atoms with E-state index in [-0.39, 0.29) is 6.61 Å². The SMILES string of the molecule is OCCOCCN=Cc1ccccn1. The first-order valence-corrected chi connectivity index (χ1v) is 4.53. The minimum absolute atomic E-state index is 0.0595. The van der Waals surface area contributed by atoms with E-state index in [0.29, 0.717) is 19.8 Å². The Morgan fingerprint density at radius 3 is 3.07 bits per heavy atom. The van der Waals surface area contributed by atoms with Crippen molar-refractivity contribution in [3.8, 4) is 0 Å². The van der Waals surface area contributed by atoms with Gasteiger partial charge in [-0.15, -0.1) is 0 Å². The monoisotopic (exact) mass is 194 g/mol. The second kappa shape index (κ2) is 7.17. The molecule has 0 spiro atoms. The number of aliphatic hydroxyl groups is 1. The zero-order valence-electron chi connectivity index (χ0n) is 7.97. The van der Waals surface area contributed by atoms with Gasteiger partial charge < -0.3 is 9.84 Å². The summed E-state index contributed by atoms with van der Waals surface area (Å²) in [7, 11) is 0. The number of hydrogen-bond donors (Lipinski definition) is 1. The molecule has 0 aliphatic heterocycles. The lowest BCUT2D eigenvalue weighted by molar-refractivity contribution is 0.0978. The molecule has 0 saturated carbocycles. The Balaban J connectivity index is 2.15. The number of nitrogens with zero attached hydrogens (tertiary/aromatic N) is 2. The standard InChI is InChI=1S/C10H14N2O2/c13-6-8-14-7-5-11-9-10-3-1-2-4-12-10/h1-4,9,13H,5-8H2. The van der Waals surface area contributed by atoms with Gasteiger partial charge in [0, 0.05) is 12.4 Å². The van der Waals surface area contributed by atoms with Gasteiger partial charge in [0.25, 0.3) is 0 Å². The van der Waals surface area contributed by atoms with Crippen molar-refractivity contribution >= 4 is 6.21 Å². The molecule has 1 N–H and O–H groups in total. The molecule has 0 aliphatic rings. The summed E-state index contributed by atoms with van der Waals surface area (Å²) in [5, 5.41) is 8.43. The van der Waals surface area contributed by atoms with E-state index < -0.39 is 0 Å². The van der Waals surface area contributed by atoms with Crippen molar-refractivity contribution in [2.75, 3.05) is 26.4 Å². The van der Waals surface area contributed by atoms with Gasteiger partial charge in [-0.05, 0) is 12.1 Å². The summed E-state index contributed by atoms with van der Waals surface area (Å²) < 4.78 is 5.04. The quantitative estimate of drug-likeness (QED) is 0.530. The Morgan fingerprint density at radius 1 is 1.43 bits per heavy atom. The average Bonchev–Trinajstić information content (AvgIpc) is 2.25. The van der Waals surface area contributed by atoms with E-state index in [9.17, 15) is 0 Å². The summed E-state index contributed by atoms with van der Waals surface area (Å²) in [6, 6.07) is 5.66. The van der Waals surface area contributed by atoms with Gasteiger partial charge in [0.1, 0.15) is 0 Å². The lowest BCUT2D eigenvalue weighted by Crippen LogP contribution is -2.03. The molecule has 76 valence electrons. The number of ether oxygens (including phenoxy) is 1. The molecule has 0 unspecified atom stereocenters. The zero-order valence-corrected chi connectivity index (χ0v) is 7.97. The Labute approximate surface area is 83.3 Å². The molecule has 0 saturated heterocycles. The summed E-state index contributed by atoms with van der Waals surface area (Å²) in [5.41, 5.74) is 0.842. The molecular formula is C10H14N2O2. The minimum Gasteiger partial charge on any atom is -0.394 e. The predicted molar refractivity (Wildman–Crippen MR) is 54.6 cm³/mol. The highest BCUT2D eigenvalue weighted by Gasteiger charge is 1.86. The van der Waals surface area contributed by atoms with Crippen molar-refractivity contribution in [1.82, 2.24) is 4.98 Å². The van der Waals surface area contributed by atoms with Crippen LogP contribution in [0.1, 0.15) is 5.69 Å². The van der Waals surface area contributed by atoms with Crippen LogP contribution in [0.2, 0.25) is 0 Å². The normalized spacial score (nSPS) is 10.9. The first-order valence-electron chi connectivity index (χ1n) is 4.53. The summed E-state index contributed by atoms with van der Waals surface area (Å²) in [4.78, 5) is 8.20. The molecule has 4 heteroatoms. The number of pyridine rings is 1. The maximum absolute atomic E-state index is 8.43. The fourth-order valence-electron chi connectivity index (χ4n) is 0.894. The van der Waals surface area contributed by atoms with Crippen LogP contribution in [-0.2, 0) is 4.74 Å². The van der Waals surface area contributed by atoms with Crippen LogP contribution in [0, 0.1) is 0 Å². The molecule has 0 radical (unpaired) electrons. The van der Waals surface area contributed by atoms with Crippen LogP contribution < -0.4 is 0 Å². The third kappa shape index (κ3) is 4.69. The van der Waals surface area contributed by atoms with E-state index in [1.165, 1.54) is 0 Å². The highest BCUT2D eigenvalue weighted by atomic mass is 16.5. The van der Waals surface area contributed by atoms with Crippen LogP contribution in [0.25, 0.3) is 0 Å². The second-order valence-electron chi connectivity index (χ2n) is 2.63. The summed E-state index contributed by atoms with van der Waals surface area (Å²) in [6.07, 6.45) is 3.44. The number of aliphatic hydroxyl groups excluding tert-OH is 1. The molecule has 4 nitrogen and oxygen atoms in total. The highest BCUT2D eigenvalue weighted by molar-refractivity contribution is 5.76. The zero-order chi connectivity index (χ0) is 10.1. The van der Waals surface area contributed by atoms with Crippen LogP contribution >= 0.6 is 0 Å². The third-order valence-electron chi connectivity index (χ3n) is 1.51. The fraction of sp³-hybridized carbons (Fsp3) is 0.400. The van der Waals surface area contributed by atoms with Gasteiger partial charge in [-0.2, -0.15) is 0 Å². The van der Waals surface area contributed by atoms with Crippen LogP contribution in [0.4, 0.5) is 0 Å². The molecule has 1 heterocycles. The minimum atomic E-state index is 0.0595. The van der Waals surface area contributed by atoms with E-state index in [1.54, 1.807) is 12.4 Å².